The first-order valence-corrected chi connectivity index (χ1v) is 14.5. The van der Waals surface area contributed by atoms with E-state index in [1.807, 2.05) is 0 Å². The minimum Gasteiger partial charge on any atom is -0.456 e. The standard InChI is InChI=1S/C8H22OSi3/c1-10(2)7-11(3,4)9-12(5,6)8-10/h7-8H2,1-6H3. The second-order valence-electron chi connectivity index (χ2n) is 6.14. The molecule has 0 bridgehead atoms. The molecular formula is C8H22OSi3. The second-order valence-corrected chi connectivity index (χ2v) is 21.2. The third kappa shape index (κ3) is 2.83. The summed E-state index contributed by atoms with van der Waals surface area (Å²) in [4.78, 5) is 0. The smallest absolute Gasteiger partial charge is 0.170 e. The van der Waals surface area contributed by atoms with Crippen LogP contribution in [0.4, 0.5) is 0 Å². The summed E-state index contributed by atoms with van der Waals surface area (Å²) in [6, 6.07) is 0. The van der Waals surface area contributed by atoms with E-state index in [-0.39, 0.29) is 0 Å². The van der Waals surface area contributed by atoms with Gasteiger partial charge < -0.3 is 4.12 Å². The summed E-state index contributed by atoms with van der Waals surface area (Å²) in [7, 11) is -3.34. The van der Waals surface area contributed by atoms with Crippen molar-refractivity contribution in [2.24, 2.45) is 0 Å². The molecule has 0 aromatic carbocycles. The molecule has 1 rings (SSSR count). The zero-order chi connectivity index (χ0) is 9.62. The van der Waals surface area contributed by atoms with E-state index in [0.29, 0.717) is 0 Å². The molecule has 0 spiro atoms. The Balaban J connectivity index is 2.81. The predicted octanol–water partition coefficient (Wildman–Crippen LogP) is 3.21. The van der Waals surface area contributed by atoms with Gasteiger partial charge in [-0.15, -0.1) is 0 Å². The maximum absolute atomic E-state index is 6.31. The van der Waals surface area contributed by atoms with Crippen LogP contribution in [-0.2, 0) is 4.12 Å². The lowest BCUT2D eigenvalue weighted by molar-refractivity contribution is 0.544. The molecule has 0 aliphatic carbocycles. The first-order valence-electron chi connectivity index (χ1n) is 4.82. The first-order chi connectivity index (χ1) is 5.12. The molecule has 0 unspecified atom stereocenters. The van der Waals surface area contributed by atoms with Gasteiger partial charge in [-0.3, -0.25) is 0 Å². The molecule has 1 saturated heterocycles. The molecular weight excluding hydrogens is 196 g/mol. The van der Waals surface area contributed by atoms with Crippen molar-refractivity contribution in [3.05, 3.63) is 0 Å². The Labute approximate surface area is 79.8 Å². The van der Waals surface area contributed by atoms with Crippen LogP contribution < -0.4 is 0 Å². The maximum Gasteiger partial charge on any atom is 0.170 e. The van der Waals surface area contributed by atoms with Gasteiger partial charge in [0.15, 0.2) is 16.6 Å². The van der Waals surface area contributed by atoms with Crippen LogP contribution in [0.25, 0.3) is 0 Å². The summed E-state index contributed by atoms with van der Waals surface area (Å²) >= 11 is 0. The van der Waals surface area contributed by atoms with Crippen molar-refractivity contribution in [3.63, 3.8) is 0 Å². The van der Waals surface area contributed by atoms with Crippen LogP contribution in [-0.4, -0.2) is 24.7 Å². The Bertz CT molecular complexity index is 141. The number of rotatable bonds is 0. The summed E-state index contributed by atoms with van der Waals surface area (Å²) in [5.74, 6) is 0. The van der Waals surface area contributed by atoms with Gasteiger partial charge in [0, 0.05) is 8.07 Å². The van der Waals surface area contributed by atoms with E-state index in [1.54, 1.807) is 0 Å². The summed E-state index contributed by atoms with van der Waals surface area (Å²) in [5.41, 5.74) is 2.94. The molecule has 72 valence electrons. The number of hydrogen-bond donors (Lipinski definition) is 0. The van der Waals surface area contributed by atoms with Crippen molar-refractivity contribution >= 4 is 24.7 Å². The van der Waals surface area contributed by atoms with Gasteiger partial charge in [0.05, 0.1) is 0 Å². The Morgan fingerprint density at radius 2 is 1.08 bits per heavy atom. The highest BCUT2D eigenvalue weighted by atomic mass is 28.5. The van der Waals surface area contributed by atoms with Gasteiger partial charge in [0.25, 0.3) is 0 Å². The Hall–Kier alpha value is 0.611. The van der Waals surface area contributed by atoms with Gasteiger partial charge in [-0.25, -0.2) is 0 Å². The van der Waals surface area contributed by atoms with Crippen molar-refractivity contribution in [1.29, 1.82) is 0 Å². The lowest BCUT2D eigenvalue weighted by atomic mass is 11.7. The molecule has 0 amide bonds. The van der Waals surface area contributed by atoms with Gasteiger partial charge in [-0.05, 0) is 37.5 Å². The number of hydrogen-bond acceptors (Lipinski definition) is 1. The Morgan fingerprint density at radius 3 is 1.33 bits per heavy atom. The van der Waals surface area contributed by atoms with E-state index in [4.69, 9.17) is 4.12 Å². The van der Waals surface area contributed by atoms with E-state index < -0.39 is 24.7 Å². The fraction of sp³-hybridized carbons (Fsp3) is 1.00. The molecule has 1 fully saturated rings. The lowest BCUT2D eigenvalue weighted by Gasteiger charge is -2.46. The summed E-state index contributed by atoms with van der Waals surface area (Å²) in [6.45, 7) is 14.7. The van der Waals surface area contributed by atoms with Gasteiger partial charge in [-0.1, -0.05) is 13.1 Å². The molecule has 1 heterocycles. The molecule has 1 aliphatic rings. The normalized spacial score (nSPS) is 31.5. The van der Waals surface area contributed by atoms with Crippen molar-refractivity contribution in [3.8, 4) is 0 Å². The van der Waals surface area contributed by atoms with Gasteiger partial charge >= 0.3 is 0 Å². The van der Waals surface area contributed by atoms with Gasteiger partial charge in [0.2, 0.25) is 0 Å². The van der Waals surface area contributed by atoms with Crippen LogP contribution in [0.15, 0.2) is 0 Å². The Kier molecular flexibility index (Phi) is 2.49. The van der Waals surface area contributed by atoms with Crippen molar-refractivity contribution in [1.82, 2.24) is 0 Å². The zero-order valence-electron chi connectivity index (χ0n) is 9.32. The highest BCUT2D eigenvalue weighted by Crippen LogP contribution is 2.36. The average Bonchev–Trinajstić information content (AvgIpc) is 1.44. The molecule has 1 nitrogen and oxygen atoms in total. The molecule has 0 aromatic rings. The van der Waals surface area contributed by atoms with Crippen molar-refractivity contribution in [2.75, 3.05) is 0 Å². The Morgan fingerprint density at radius 1 is 0.750 bits per heavy atom. The van der Waals surface area contributed by atoms with E-state index in [1.165, 1.54) is 11.3 Å². The zero-order valence-corrected chi connectivity index (χ0v) is 12.3. The topological polar surface area (TPSA) is 9.23 Å². The molecule has 1 aliphatic heterocycles. The highest BCUT2D eigenvalue weighted by Gasteiger charge is 2.46. The van der Waals surface area contributed by atoms with Gasteiger partial charge in [-0.2, -0.15) is 0 Å². The van der Waals surface area contributed by atoms with Gasteiger partial charge in [0.1, 0.15) is 0 Å². The SMILES string of the molecule is C[Si]1(C)C[Si](C)(C)O[Si](C)(C)C1. The monoisotopic (exact) mass is 218 g/mol. The van der Waals surface area contributed by atoms with Crippen LogP contribution in [0.2, 0.25) is 50.6 Å². The highest BCUT2D eigenvalue weighted by molar-refractivity contribution is 7.06. The fourth-order valence-electron chi connectivity index (χ4n) is 3.19. The summed E-state index contributed by atoms with van der Waals surface area (Å²) in [6.07, 6.45) is 0. The van der Waals surface area contributed by atoms with Crippen LogP contribution in [0.3, 0.4) is 0 Å². The molecule has 0 radical (unpaired) electrons. The molecule has 12 heavy (non-hydrogen) atoms. The molecule has 0 atom stereocenters. The molecule has 0 N–H and O–H groups in total. The van der Waals surface area contributed by atoms with Crippen molar-refractivity contribution in [2.45, 2.75) is 50.6 Å². The van der Waals surface area contributed by atoms with E-state index in [9.17, 15) is 0 Å². The second kappa shape index (κ2) is 2.80. The quantitative estimate of drug-likeness (QED) is 0.567. The minimum absolute atomic E-state index is 0.863. The van der Waals surface area contributed by atoms with Crippen LogP contribution >= 0.6 is 0 Å². The van der Waals surface area contributed by atoms with Crippen LogP contribution in [0.1, 0.15) is 0 Å². The third-order valence-electron chi connectivity index (χ3n) is 2.36. The largest absolute Gasteiger partial charge is 0.456 e. The first kappa shape index (κ1) is 10.7. The van der Waals surface area contributed by atoms with Crippen LogP contribution in [0, 0.1) is 0 Å². The summed E-state index contributed by atoms with van der Waals surface area (Å²) < 4.78 is 6.31. The van der Waals surface area contributed by atoms with E-state index >= 15 is 0 Å². The van der Waals surface area contributed by atoms with Crippen molar-refractivity contribution < 1.29 is 4.12 Å². The lowest BCUT2D eigenvalue weighted by Crippen LogP contribution is -2.58. The third-order valence-corrected chi connectivity index (χ3v) is 21.3. The predicted molar refractivity (Wildman–Crippen MR) is 63.1 cm³/mol. The molecule has 0 aromatic heterocycles. The molecule has 4 heteroatoms. The van der Waals surface area contributed by atoms with Crippen LogP contribution in [0.5, 0.6) is 0 Å². The minimum atomic E-state index is -1.24. The maximum atomic E-state index is 6.31. The van der Waals surface area contributed by atoms with E-state index in [0.717, 1.165) is 0 Å². The fourth-order valence-corrected chi connectivity index (χ4v) is 31.1. The average molecular weight is 219 g/mol. The van der Waals surface area contributed by atoms with E-state index in [2.05, 4.69) is 39.3 Å². The summed E-state index contributed by atoms with van der Waals surface area (Å²) in [5, 5.41) is 0. The molecule has 0 saturated carbocycles.